The number of rotatable bonds is 4. The highest BCUT2D eigenvalue weighted by Gasteiger charge is 2.02. The van der Waals surface area contributed by atoms with Crippen molar-refractivity contribution in [3.8, 4) is 0 Å². The summed E-state index contributed by atoms with van der Waals surface area (Å²) in [6.07, 6.45) is 4.82. The molecule has 0 fully saturated rings. The van der Waals surface area contributed by atoms with Gasteiger partial charge in [-0.05, 0) is 24.5 Å². The van der Waals surface area contributed by atoms with Crippen LogP contribution < -0.4 is 16.8 Å². The molecule has 0 aliphatic carbocycles. The van der Waals surface area contributed by atoms with E-state index in [4.69, 9.17) is 11.5 Å². The maximum atomic E-state index is 5.46. The van der Waals surface area contributed by atoms with Crippen LogP contribution in [0.25, 0.3) is 0 Å². The van der Waals surface area contributed by atoms with Crippen LogP contribution in [0.3, 0.4) is 0 Å². The first-order chi connectivity index (χ1) is 8.15. The normalized spacial score (nSPS) is 10.4. The molecule has 0 spiro atoms. The van der Waals surface area contributed by atoms with E-state index in [9.17, 15) is 0 Å². The predicted molar refractivity (Wildman–Crippen MR) is 66.4 cm³/mol. The van der Waals surface area contributed by atoms with E-state index in [1.807, 2.05) is 12.4 Å². The van der Waals surface area contributed by atoms with Gasteiger partial charge in [0.1, 0.15) is 0 Å². The van der Waals surface area contributed by atoms with Gasteiger partial charge in [-0.3, -0.25) is 0 Å². The fraction of sp³-hybridized carbons (Fsp3) is 0.300. The Bertz CT molecular complexity index is 485. The Labute approximate surface area is 98.7 Å². The number of aryl methyl sites for hydroxylation is 1. The van der Waals surface area contributed by atoms with Crippen molar-refractivity contribution in [3.05, 3.63) is 23.5 Å². The molecule has 0 unspecified atom stereocenters. The smallest absolute Gasteiger partial charge is 0.229 e. The van der Waals surface area contributed by atoms with Crippen molar-refractivity contribution in [1.29, 1.82) is 0 Å². The molecule has 0 bridgehead atoms. The van der Waals surface area contributed by atoms with E-state index in [0.29, 0.717) is 12.5 Å². The standard InChI is InChI=1S/C10H15N7/c1-6-4-13-5-7(6)2-3-14-10-16-8(11)15-9(12)17-10/h4-5,13H,2-3H2,1H3,(H5,11,12,14,15,16,17). The summed E-state index contributed by atoms with van der Waals surface area (Å²) in [6, 6.07) is 0. The molecule has 2 aromatic heterocycles. The van der Waals surface area contributed by atoms with E-state index in [2.05, 4.69) is 32.2 Å². The highest BCUT2D eigenvalue weighted by molar-refractivity contribution is 5.37. The summed E-state index contributed by atoms with van der Waals surface area (Å²) in [5.41, 5.74) is 13.4. The first kappa shape index (κ1) is 11.2. The second-order valence-electron chi connectivity index (χ2n) is 3.72. The lowest BCUT2D eigenvalue weighted by atomic mass is 10.1. The highest BCUT2D eigenvalue weighted by Crippen LogP contribution is 2.08. The summed E-state index contributed by atoms with van der Waals surface area (Å²) in [5, 5.41) is 3.06. The van der Waals surface area contributed by atoms with Crippen molar-refractivity contribution in [3.63, 3.8) is 0 Å². The predicted octanol–water partition coefficient (Wildman–Crippen LogP) is 0.327. The zero-order valence-corrected chi connectivity index (χ0v) is 9.57. The lowest BCUT2D eigenvalue weighted by Crippen LogP contribution is -2.11. The molecule has 2 aromatic rings. The van der Waals surface area contributed by atoms with E-state index >= 15 is 0 Å². The molecule has 6 N–H and O–H groups in total. The van der Waals surface area contributed by atoms with Crippen molar-refractivity contribution >= 4 is 17.8 Å². The highest BCUT2D eigenvalue weighted by atomic mass is 15.2. The number of anilines is 3. The molecule has 2 rings (SSSR count). The molecule has 0 saturated carbocycles. The summed E-state index contributed by atoms with van der Waals surface area (Å²) >= 11 is 0. The zero-order chi connectivity index (χ0) is 12.3. The van der Waals surface area contributed by atoms with Gasteiger partial charge in [-0.1, -0.05) is 0 Å². The molecule has 0 aliphatic heterocycles. The zero-order valence-electron chi connectivity index (χ0n) is 9.57. The van der Waals surface area contributed by atoms with Gasteiger partial charge in [0.25, 0.3) is 0 Å². The quantitative estimate of drug-likeness (QED) is 0.604. The van der Waals surface area contributed by atoms with Gasteiger partial charge < -0.3 is 21.8 Å². The fourth-order valence-electron chi connectivity index (χ4n) is 1.54. The summed E-state index contributed by atoms with van der Waals surface area (Å²) < 4.78 is 0. The lowest BCUT2D eigenvalue weighted by molar-refractivity contribution is 0.968. The van der Waals surface area contributed by atoms with Gasteiger partial charge in [0, 0.05) is 18.9 Å². The molecule has 2 heterocycles. The monoisotopic (exact) mass is 233 g/mol. The van der Waals surface area contributed by atoms with Crippen LogP contribution in [0.2, 0.25) is 0 Å². The molecule has 0 radical (unpaired) electrons. The van der Waals surface area contributed by atoms with Crippen LogP contribution in [0, 0.1) is 6.92 Å². The Morgan fingerprint density at radius 3 is 2.47 bits per heavy atom. The van der Waals surface area contributed by atoms with E-state index < -0.39 is 0 Å². The summed E-state index contributed by atoms with van der Waals surface area (Å²) in [6.45, 7) is 2.77. The Hall–Kier alpha value is -2.31. The molecule has 0 aromatic carbocycles. The van der Waals surface area contributed by atoms with Gasteiger partial charge in [0.05, 0.1) is 0 Å². The van der Waals surface area contributed by atoms with Gasteiger partial charge in [-0.2, -0.15) is 15.0 Å². The number of nitrogens with zero attached hydrogens (tertiary/aromatic N) is 3. The largest absolute Gasteiger partial charge is 0.368 e. The average Bonchev–Trinajstić information content (AvgIpc) is 2.63. The van der Waals surface area contributed by atoms with Gasteiger partial charge >= 0.3 is 0 Å². The molecule has 90 valence electrons. The summed E-state index contributed by atoms with van der Waals surface area (Å²) in [5.74, 6) is 0.652. The van der Waals surface area contributed by atoms with Crippen molar-refractivity contribution < 1.29 is 0 Å². The molecule has 17 heavy (non-hydrogen) atoms. The van der Waals surface area contributed by atoms with Crippen LogP contribution >= 0.6 is 0 Å². The number of hydrogen-bond donors (Lipinski definition) is 4. The Morgan fingerprint density at radius 2 is 1.88 bits per heavy atom. The minimum absolute atomic E-state index is 0.123. The third-order valence-electron chi connectivity index (χ3n) is 2.41. The molecule has 0 aliphatic rings. The maximum Gasteiger partial charge on any atom is 0.229 e. The molecule has 0 saturated heterocycles. The van der Waals surface area contributed by atoms with E-state index in [-0.39, 0.29) is 11.9 Å². The van der Waals surface area contributed by atoms with Crippen LogP contribution in [-0.4, -0.2) is 26.5 Å². The fourth-order valence-corrected chi connectivity index (χ4v) is 1.54. The van der Waals surface area contributed by atoms with Crippen molar-refractivity contribution in [1.82, 2.24) is 19.9 Å². The molecule has 7 heteroatoms. The topological polar surface area (TPSA) is 119 Å². The lowest BCUT2D eigenvalue weighted by Gasteiger charge is -2.05. The van der Waals surface area contributed by atoms with Gasteiger partial charge in [0.2, 0.25) is 17.8 Å². The minimum Gasteiger partial charge on any atom is -0.368 e. The van der Waals surface area contributed by atoms with Crippen LogP contribution in [0.5, 0.6) is 0 Å². The Balaban J connectivity index is 1.92. The van der Waals surface area contributed by atoms with E-state index in [0.717, 1.165) is 6.42 Å². The van der Waals surface area contributed by atoms with Crippen LogP contribution in [0.15, 0.2) is 12.4 Å². The molecular formula is C10H15N7. The van der Waals surface area contributed by atoms with Crippen LogP contribution in [-0.2, 0) is 6.42 Å². The molecule has 7 nitrogen and oxygen atoms in total. The summed E-state index contributed by atoms with van der Waals surface area (Å²) in [4.78, 5) is 14.6. The minimum atomic E-state index is 0.123. The summed E-state index contributed by atoms with van der Waals surface area (Å²) in [7, 11) is 0. The van der Waals surface area contributed by atoms with Gasteiger partial charge in [-0.25, -0.2) is 0 Å². The number of aromatic amines is 1. The van der Waals surface area contributed by atoms with Crippen LogP contribution in [0.1, 0.15) is 11.1 Å². The third-order valence-corrected chi connectivity index (χ3v) is 2.41. The van der Waals surface area contributed by atoms with E-state index in [1.54, 1.807) is 0 Å². The van der Waals surface area contributed by atoms with Crippen LogP contribution in [0.4, 0.5) is 17.8 Å². The second kappa shape index (κ2) is 4.69. The first-order valence-corrected chi connectivity index (χ1v) is 5.28. The molecule has 0 amide bonds. The van der Waals surface area contributed by atoms with E-state index in [1.165, 1.54) is 11.1 Å². The van der Waals surface area contributed by atoms with Crippen molar-refractivity contribution in [2.75, 3.05) is 23.3 Å². The second-order valence-corrected chi connectivity index (χ2v) is 3.72. The molecule has 0 atom stereocenters. The first-order valence-electron chi connectivity index (χ1n) is 5.28. The number of H-pyrrole nitrogens is 1. The van der Waals surface area contributed by atoms with Crippen molar-refractivity contribution in [2.45, 2.75) is 13.3 Å². The van der Waals surface area contributed by atoms with Crippen molar-refractivity contribution in [2.24, 2.45) is 0 Å². The third kappa shape index (κ3) is 2.83. The number of nitrogens with two attached hydrogens (primary N) is 2. The Morgan fingerprint density at radius 1 is 1.18 bits per heavy atom. The number of aromatic nitrogens is 4. The maximum absolute atomic E-state index is 5.46. The number of hydrogen-bond acceptors (Lipinski definition) is 6. The molecular weight excluding hydrogens is 218 g/mol. The number of nitrogens with one attached hydrogen (secondary N) is 2. The van der Waals surface area contributed by atoms with Gasteiger partial charge in [-0.15, -0.1) is 0 Å². The van der Waals surface area contributed by atoms with Gasteiger partial charge in [0.15, 0.2) is 0 Å². The Kier molecular flexibility index (Phi) is 3.08. The average molecular weight is 233 g/mol. The SMILES string of the molecule is Cc1c[nH]cc1CCNc1nc(N)nc(N)n1. The number of nitrogen functional groups attached to an aromatic ring is 2.